The van der Waals surface area contributed by atoms with Gasteiger partial charge in [-0.3, -0.25) is 0 Å². The van der Waals surface area contributed by atoms with E-state index in [9.17, 15) is 5.11 Å². The maximum Gasteiger partial charge on any atom is 0.115 e. The van der Waals surface area contributed by atoms with Crippen molar-refractivity contribution in [2.45, 2.75) is 26.5 Å². The van der Waals surface area contributed by atoms with E-state index in [0.717, 1.165) is 23.9 Å². The van der Waals surface area contributed by atoms with Crippen LogP contribution < -0.4 is 0 Å². The van der Waals surface area contributed by atoms with Crippen LogP contribution in [0.2, 0.25) is 15.2 Å². The predicted molar refractivity (Wildman–Crippen MR) is 73.2 cm³/mol. The summed E-state index contributed by atoms with van der Waals surface area (Å²) in [4.78, 5) is 0. The first-order valence-corrected chi connectivity index (χ1v) is 6.50. The Morgan fingerprint density at radius 1 is 1.18 bits per heavy atom. The Labute approximate surface area is 115 Å². The van der Waals surface area contributed by atoms with Crippen molar-refractivity contribution in [1.29, 1.82) is 0 Å². The maximum atomic E-state index is 9.38. The molecule has 5 heteroatoms. The summed E-state index contributed by atoms with van der Waals surface area (Å²) in [6, 6.07) is 3.54. The van der Waals surface area contributed by atoms with Crippen molar-refractivity contribution in [2.24, 2.45) is 0 Å². The summed E-state index contributed by atoms with van der Waals surface area (Å²) in [5.74, 6) is 0. The largest absolute Gasteiger partial charge is 0.392 e. The lowest BCUT2D eigenvalue weighted by atomic mass is 10.2. The second-order valence-corrected chi connectivity index (χ2v) is 5.03. The third kappa shape index (κ3) is 2.15. The third-order valence-electron chi connectivity index (χ3n) is 2.75. The van der Waals surface area contributed by atoms with Gasteiger partial charge in [-0.2, -0.15) is 0 Å². The first-order chi connectivity index (χ1) is 8.10. The van der Waals surface area contributed by atoms with Gasteiger partial charge in [0.25, 0.3) is 0 Å². The molecule has 1 aromatic carbocycles. The van der Waals surface area contributed by atoms with Crippen LogP contribution in [-0.4, -0.2) is 9.67 Å². The minimum atomic E-state index is -0.107. The number of aryl methyl sites for hydroxylation is 1. The average Bonchev–Trinajstić information content (AvgIpc) is 2.54. The average molecular weight is 293 g/mol. The zero-order valence-electron chi connectivity index (χ0n) is 9.30. The molecule has 1 N–H and O–H groups in total. The summed E-state index contributed by atoms with van der Waals surface area (Å²) in [6.45, 7) is 2.75. The van der Waals surface area contributed by atoms with Gasteiger partial charge in [-0.15, -0.1) is 0 Å². The smallest absolute Gasteiger partial charge is 0.115 e. The molecule has 0 aliphatic carbocycles. The molecule has 0 fully saturated rings. The molecule has 2 aromatic rings. The fraction of sp³-hybridized carbons (Fsp3) is 0.333. The van der Waals surface area contributed by atoms with Gasteiger partial charge < -0.3 is 9.67 Å². The van der Waals surface area contributed by atoms with Crippen LogP contribution in [-0.2, 0) is 13.2 Å². The first-order valence-electron chi connectivity index (χ1n) is 5.36. The molecule has 0 unspecified atom stereocenters. The molecule has 0 radical (unpaired) electrons. The molecule has 2 nitrogen and oxygen atoms in total. The molecular formula is C12H12Cl3NO. The number of rotatable bonds is 3. The highest BCUT2D eigenvalue weighted by molar-refractivity contribution is 6.43. The molecule has 0 aliphatic rings. The minimum absolute atomic E-state index is 0.107. The standard InChI is InChI=1S/C12H12Cl3NO/c1-2-3-16-11-5-10(14)9(13)4-7(11)8(6-17)12(16)15/h4-5,17H,2-3,6H2,1H3. The molecule has 0 bridgehead atoms. The molecule has 0 atom stereocenters. The highest BCUT2D eigenvalue weighted by atomic mass is 35.5. The molecule has 0 amide bonds. The van der Waals surface area contributed by atoms with E-state index >= 15 is 0 Å². The Morgan fingerprint density at radius 3 is 2.41 bits per heavy atom. The van der Waals surface area contributed by atoms with E-state index in [4.69, 9.17) is 34.8 Å². The van der Waals surface area contributed by atoms with Gasteiger partial charge in [0.05, 0.1) is 22.2 Å². The van der Waals surface area contributed by atoms with E-state index in [0.29, 0.717) is 20.8 Å². The van der Waals surface area contributed by atoms with E-state index < -0.39 is 0 Å². The van der Waals surface area contributed by atoms with E-state index in [2.05, 4.69) is 6.92 Å². The van der Waals surface area contributed by atoms with Gasteiger partial charge in [0.2, 0.25) is 0 Å². The molecule has 0 saturated carbocycles. The molecule has 0 aliphatic heterocycles. The van der Waals surface area contributed by atoms with Crippen molar-refractivity contribution in [3.63, 3.8) is 0 Å². The highest BCUT2D eigenvalue weighted by Gasteiger charge is 2.16. The molecule has 17 heavy (non-hydrogen) atoms. The number of aromatic nitrogens is 1. The van der Waals surface area contributed by atoms with Crippen molar-refractivity contribution in [3.05, 3.63) is 32.9 Å². The van der Waals surface area contributed by atoms with E-state index in [1.54, 1.807) is 12.1 Å². The lowest BCUT2D eigenvalue weighted by Gasteiger charge is -2.05. The Balaban J connectivity index is 2.80. The SMILES string of the molecule is CCCn1c(Cl)c(CO)c2cc(Cl)c(Cl)cc21. The molecule has 1 heterocycles. The molecule has 92 valence electrons. The second-order valence-electron chi connectivity index (χ2n) is 3.86. The van der Waals surface area contributed by atoms with Crippen molar-refractivity contribution in [2.75, 3.05) is 0 Å². The zero-order valence-corrected chi connectivity index (χ0v) is 11.6. The van der Waals surface area contributed by atoms with Crippen LogP contribution in [0.1, 0.15) is 18.9 Å². The number of hydrogen-bond donors (Lipinski definition) is 1. The number of aliphatic hydroxyl groups is 1. The number of aliphatic hydroxyl groups excluding tert-OH is 1. The minimum Gasteiger partial charge on any atom is -0.392 e. The number of nitrogens with zero attached hydrogens (tertiary/aromatic N) is 1. The third-order valence-corrected chi connectivity index (χ3v) is 3.90. The Hall–Kier alpha value is -0.410. The van der Waals surface area contributed by atoms with Crippen molar-refractivity contribution in [1.82, 2.24) is 4.57 Å². The molecule has 1 aromatic heterocycles. The van der Waals surface area contributed by atoms with Crippen LogP contribution in [0.5, 0.6) is 0 Å². The summed E-state index contributed by atoms with van der Waals surface area (Å²) >= 11 is 18.3. The summed E-state index contributed by atoms with van der Waals surface area (Å²) in [5.41, 5.74) is 1.61. The van der Waals surface area contributed by atoms with E-state index in [1.807, 2.05) is 4.57 Å². The highest BCUT2D eigenvalue weighted by Crippen LogP contribution is 2.35. The predicted octanol–water partition coefficient (Wildman–Crippen LogP) is 4.50. The summed E-state index contributed by atoms with van der Waals surface area (Å²) in [7, 11) is 0. The van der Waals surface area contributed by atoms with Gasteiger partial charge in [-0.05, 0) is 18.6 Å². The van der Waals surface area contributed by atoms with Crippen molar-refractivity contribution in [3.8, 4) is 0 Å². The number of benzene rings is 1. The van der Waals surface area contributed by atoms with Crippen molar-refractivity contribution >= 4 is 45.7 Å². The molecule has 0 saturated heterocycles. The topological polar surface area (TPSA) is 25.2 Å². The molecule has 0 spiro atoms. The van der Waals surface area contributed by atoms with Gasteiger partial charge >= 0.3 is 0 Å². The number of halogens is 3. The normalized spacial score (nSPS) is 11.4. The zero-order chi connectivity index (χ0) is 12.6. The first kappa shape index (κ1) is 13.0. The lowest BCUT2D eigenvalue weighted by molar-refractivity contribution is 0.283. The van der Waals surface area contributed by atoms with Crippen LogP contribution in [0.4, 0.5) is 0 Å². The molecular weight excluding hydrogens is 280 g/mol. The molecule has 2 rings (SSSR count). The maximum absolute atomic E-state index is 9.38. The second kappa shape index (κ2) is 5.07. The number of fused-ring (bicyclic) bond motifs is 1. The summed E-state index contributed by atoms with van der Waals surface area (Å²) < 4.78 is 1.95. The quantitative estimate of drug-likeness (QED) is 0.885. The summed E-state index contributed by atoms with van der Waals surface area (Å²) in [6.07, 6.45) is 0.953. The Bertz CT molecular complexity index is 563. The summed E-state index contributed by atoms with van der Waals surface area (Å²) in [5, 5.41) is 11.8. The van der Waals surface area contributed by atoms with Crippen LogP contribution in [0.3, 0.4) is 0 Å². The fourth-order valence-electron chi connectivity index (χ4n) is 1.97. The van der Waals surface area contributed by atoms with E-state index in [-0.39, 0.29) is 6.61 Å². The van der Waals surface area contributed by atoms with Crippen LogP contribution in [0.15, 0.2) is 12.1 Å². The van der Waals surface area contributed by atoms with Crippen molar-refractivity contribution < 1.29 is 5.11 Å². The van der Waals surface area contributed by atoms with Gasteiger partial charge in [0.15, 0.2) is 0 Å². The Kier molecular flexibility index (Phi) is 3.88. The monoisotopic (exact) mass is 291 g/mol. The van der Waals surface area contributed by atoms with Crippen LogP contribution >= 0.6 is 34.8 Å². The fourth-order valence-corrected chi connectivity index (χ4v) is 2.63. The van der Waals surface area contributed by atoms with Gasteiger partial charge in [0.1, 0.15) is 5.15 Å². The van der Waals surface area contributed by atoms with Crippen LogP contribution in [0.25, 0.3) is 10.9 Å². The lowest BCUT2D eigenvalue weighted by Crippen LogP contribution is -1.96. The van der Waals surface area contributed by atoms with Crippen LogP contribution in [0, 0.1) is 0 Å². The van der Waals surface area contributed by atoms with Gasteiger partial charge in [-0.1, -0.05) is 41.7 Å². The van der Waals surface area contributed by atoms with E-state index in [1.165, 1.54) is 0 Å². The van der Waals surface area contributed by atoms with Gasteiger partial charge in [-0.25, -0.2) is 0 Å². The Morgan fingerprint density at radius 2 is 1.82 bits per heavy atom. The van der Waals surface area contributed by atoms with Gasteiger partial charge in [0, 0.05) is 17.5 Å². The number of hydrogen-bond acceptors (Lipinski definition) is 1.